The van der Waals surface area contributed by atoms with Crippen molar-refractivity contribution < 1.29 is 14.6 Å². The van der Waals surface area contributed by atoms with Crippen molar-refractivity contribution in [3.05, 3.63) is 94.5 Å². The van der Waals surface area contributed by atoms with Crippen molar-refractivity contribution >= 4 is 17.6 Å². The lowest BCUT2D eigenvalue weighted by atomic mass is 9.83. The van der Waals surface area contributed by atoms with Gasteiger partial charge >= 0.3 is 5.97 Å². The molecule has 3 aromatic rings. The SMILES string of the molecule is CC(OC1(c2cccc(Cl)c2)c2ccccc2-c2ccccc21)[C@H](N)C(=O)O. The van der Waals surface area contributed by atoms with E-state index in [1.807, 2.05) is 66.7 Å². The molecule has 0 bridgehead atoms. The van der Waals surface area contributed by atoms with Crippen LogP contribution in [-0.2, 0) is 15.1 Å². The van der Waals surface area contributed by atoms with Gasteiger partial charge in [0.15, 0.2) is 0 Å². The summed E-state index contributed by atoms with van der Waals surface area (Å²) in [5.74, 6) is -1.10. The maximum absolute atomic E-state index is 11.5. The second-order valence-electron chi connectivity index (χ2n) is 6.97. The summed E-state index contributed by atoms with van der Waals surface area (Å²) in [5.41, 5.74) is 9.73. The van der Waals surface area contributed by atoms with E-state index < -0.39 is 23.7 Å². The fourth-order valence-electron chi connectivity index (χ4n) is 3.96. The van der Waals surface area contributed by atoms with Crippen LogP contribution in [-0.4, -0.2) is 23.2 Å². The van der Waals surface area contributed by atoms with Crippen molar-refractivity contribution in [3.63, 3.8) is 0 Å². The van der Waals surface area contributed by atoms with Crippen LogP contribution in [0.25, 0.3) is 11.1 Å². The highest BCUT2D eigenvalue weighted by molar-refractivity contribution is 6.30. The Kier molecular flexibility index (Phi) is 4.71. The summed E-state index contributed by atoms with van der Waals surface area (Å²) in [6.07, 6.45) is -0.740. The summed E-state index contributed by atoms with van der Waals surface area (Å²) in [6.45, 7) is 1.69. The average Bonchev–Trinajstić information content (AvgIpc) is 2.98. The van der Waals surface area contributed by atoms with Crippen molar-refractivity contribution in [1.82, 2.24) is 0 Å². The van der Waals surface area contributed by atoms with Gasteiger partial charge in [-0.15, -0.1) is 0 Å². The Labute approximate surface area is 168 Å². The minimum absolute atomic E-state index is 0.581. The molecule has 4 rings (SSSR count). The Morgan fingerprint density at radius 2 is 1.57 bits per heavy atom. The highest BCUT2D eigenvalue weighted by Gasteiger charge is 2.47. The van der Waals surface area contributed by atoms with E-state index in [9.17, 15) is 9.90 Å². The number of hydrogen-bond acceptors (Lipinski definition) is 3. The minimum atomic E-state index is -1.16. The van der Waals surface area contributed by atoms with E-state index in [0.717, 1.165) is 27.8 Å². The first-order valence-electron chi connectivity index (χ1n) is 9.07. The number of halogens is 1. The molecule has 0 fully saturated rings. The molecule has 0 saturated carbocycles. The van der Waals surface area contributed by atoms with E-state index in [4.69, 9.17) is 22.1 Å². The fourth-order valence-corrected chi connectivity index (χ4v) is 4.15. The molecule has 1 aliphatic carbocycles. The van der Waals surface area contributed by atoms with E-state index in [2.05, 4.69) is 0 Å². The number of carboxylic acid groups (broad SMARTS) is 1. The molecule has 142 valence electrons. The number of ether oxygens (including phenoxy) is 1. The molecule has 0 saturated heterocycles. The number of carboxylic acids is 1. The molecule has 0 amide bonds. The van der Waals surface area contributed by atoms with Crippen LogP contribution in [0.2, 0.25) is 5.02 Å². The second kappa shape index (κ2) is 7.06. The van der Waals surface area contributed by atoms with Gasteiger partial charge in [-0.1, -0.05) is 72.3 Å². The summed E-state index contributed by atoms with van der Waals surface area (Å²) in [5, 5.41) is 9.97. The Balaban J connectivity index is 2.00. The van der Waals surface area contributed by atoms with E-state index in [1.165, 1.54) is 0 Å². The van der Waals surface area contributed by atoms with Crippen molar-refractivity contribution in [1.29, 1.82) is 0 Å². The molecular weight excluding hydrogens is 374 g/mol. The maximum Gasteiger partial charge on any atom is 0.323 e. The first-order chi connectivity index (χ1) is 13.4. The van der Waals surface area contributed by atoms with Gasteiger partial charge in [-0.25, -0.2) is 0 Å². The van der Waals surface area contributed by atoms with Gasteiger partial charge < -0.3 is 15.6 Å². The molecule has 1 aliphatic rings. The molecule has 0 heterocycles. The van der Waals surface area contributed by atoms with Gasteiger partial charge in [0, 0.05) is 16.1 Å². The lowest BCUT2D eigenvalue weighted by Crippen LogP contribution is -2.46. The van der Waals surface area contributed by atoms with Crippen molar-refractivity contribution in [3.8, 4) is 11.1 Å². The standard InChI is InChI=1S/C23H20ClNO3/c1-14(21(25)22(26)27)28-23(15-7-6-8-16(24)13-15)19-11-4-2-9-17(19)18-10-3-5-12-20(18)23/h2-14,21H,25H2,1H3,(H,26,27)/t14?,21-/m0/s1. The summed E-state index contributed by atoms with van der Waals surface area (Å²) in [6, 6.07) is 22.3. The molecule has 28 heavy (non-hydrogen) atoms. The predicted molar refractivity (Wildman–Crippen MR) is 109 cm³/mol. The van der Waals surface area contributed by atoms with Crippen LogP contribution in [0.3, 0.4) is 0 Å². The Bertz CT molecular complexity index is 1000. The zero-order valence-electron chi connectivity index (χ0n) is 15.3. The molecule has 0 aromatic heterocycles. The molecule has 0 aliphatic heterocycles. The lowest BCUT2D eigenvalue weighted by Gasteiger charge is -2.36. The molecule has 5 heteroatoms. The normalized spacial score (nSPS) is 16.1. The largest absolute Gasteiger partial charge is 0.480 e. The molecule has 2 atom stereocenters. The number of nitrogens with two attached hydrogens (primary N) is 1. The number of hydrogen-bond donors (Lipinski definition) is 2. The molecular formula is C23H20ClNO3. The zero-order chi connectivity index (χ0) is 19.9. The van der Waals surface area contributed by atoms with Gasteiger partial charge in [0.05, 0.1) is 6.10 Å². The van der Waals surface area contributed by atoms with Gasteiger partial charge in [-0.05, 0) is 35.7 Å². The van der Waals surface area contributed by atoms with Crippen LogP contribution in [0, 0.1) is 0 Å². The Morgan fingerprint density at radius 3 is 2.11 bits per heavy atom. The summed E-state index contributed by atoms with van der Waals surface area (Å²) < 4.78 is 6.55. The molecule has 0 radical (unpaired) electrons. The van der Waals surface area contributed by atoms with Crippen LogP contribution in [0.1, 0.15) is 23.6 Å². The topological polar surface area (TPSA) is 72.5 Å². The van der Waals surface area contributed by atoms with Gasteiger partial charge in [0.1, 0.15) is 11.6 Å². The van der Waals surface area contributed by atoms with Gasteiger partial charge in [0.25, 0.3) is 0 Å². The lowest BCUT2D eigenvalue weighted by molar-refractivity contribution is -0.144. The monoisotopic (exact) mass is 393 g/mol. The molecule has 1 unspecified atom stereocenters. The maximum atomic E-state index is 11.5. The van der Waals surface area contributed by atoms with Crippen LogP contribution in [0.15, 0.2) is 72.8 Å². The minimum Gasteiger partial charge on any atom is -0.480 e. The first-order valence-corrected chi connectivity index (χ1v) is 9.44. The van der Waals surface area contributed by atoms with Crippen molar-refractivity contribution in [2.24, 2.45) is 5.73 Å². The van der Waals surface area contributed by atoms with Crippen LogP contribution >= 0.6 is 11.6 Å². The summed E-state index contributed by atoms with van der Waals surface area (Å²) in [7, 11) is 0. The third-order valence-corrected chi connectivity index (χ3v) is 5.52. The number of fused-ring (bicyclic) bond motifs is 3. The molecule has 0 spiro atoms. The van der Waals surface area contributed by atoms with Gasteiger partial charge in [-0.2, -0.15) is 0 Å². The van der Waals surface area contributed by atoms with E-state index >= 15 is 0 Å². The Morgan fingerprint density at radius 1 is 1.00 bits per heavy atom. The smallest absolute Gasteiger partial charge is 0.323 e. The average molecular weight is 394 g/mol. The van der Waals surface area contributed by atoms with E-state index in [-0.39, 0.29) is 0 Å². The number of aliphatic carboxylic acids is 1. The summed E-state index contributed by atoms with van der Waals surface area (Å²) in [4.78, 5) is 11.5. The van der Waals surface area contributed by atoms with Gasteiger partial charge in [-0.3, -0.25) is 4.79 Å². The quantitative estimate of drug-likeness (QED) is 0.672. The molecule has 4 nitrogen and oxygen atoms in total. The number of benzene rings is 3. The highest BCUT2D eigenvalue weighted by Crippen LogP contribution is 2.53. The van der Waals surface area contributed by atoms with Gasteiger partial charge in [0.2, 0.25) is 0 Å². The third-order valence-electron chi connectivity index (χ3n) is 5.29. The molecule has 3 N–H and O–H groups in total. The van der Waals surface area contributed by atoms with E-state index in [1.54, 1.807) is 13.0 Å². The van der Waals surface area contributed by atoms with Crippen molar-refractivity contribution in [2.45, 2.75) is 24.7 Å². The summed E-state index contributed by atoms with van der Waals surface area (Å²) >= 11 is 6.31. The van der Waals surface area contributed by atoms with Crippen LogP contribution in [0.4, 0.5) is 0 Å². The third kappa shape index (κ3) is 2.81. The van der Waals surface area contributed by atoms with E-state index in [0.29, 0.717) is 5.02 Å². The molecule has 3 aromatic carbocycles. The number of carbonyl (C=O) groups is 1. The van der Waals surface area contributed by atoms with Crippen LogP contribution < -0.4 is 5.73 Å². The predicted octanol–water partition coefficient (Wildman–Crippen LogP) is 4.43. The number of rotatable bonds is 5. The zero-order valence-corrected chi connectivity index (χ0v) is 16.1. The van der Waals surface area contributed by atoms with Crippen LogP contribution in [0.5, 0.6) is 0 Å². The Hall–Kier alpha value is -2.66. The second-order valence-corrected chi connectivity index (χ2v) is 7.41. The highest BCUT2D eigenvalue weighted by atomic mass is 35.5. The van der Waals surface area contributed by atoms with Crippen molar-refractivity contribution in [2.75, 3.05) is 0 Å². The fraction of sp³-hybridized carbons (Fsp3) is 0.174. The first kappa shape index (κ1) is 18.7.